The van der Waals surface area contributed by atoms with Crippen LogP contribution in [-0.2, 0) is 11.0 Å². The van der Waals surface area contributed by atoms with Crippen LogP contribution in [0.15, 0.2) is 133 Å². The van der Waals surface area contributed by atoms with Gasteiger partial charge in [-0.1, -0.05) is 135 Å². The smallest absolute Gasteiger partial charge is 0.193 e. The number of rotatable bonds is 4. The van der Waals surface area contributed by atoms with E-state index in [1.54, 1.807) is 0 Å². The van der Waals surface area contributed by atoms with Gasteiger partial charge in [0.25, 0.3) is 0 Å². The summed E-state index contributed by atoms with van der Waals surface area (Å²) in [5, 5.41) is 11.9. The lowest BCUT2D eigenvalue weighted by Gasteiger charge is -2.38. The normalized spacial score (nSPS) is 17.1. The fraction of sp³-hybridized carbons (Fsp3) is 0.0952. The number of hydrogen-bond acceptors (Lipinski definition) is 3. The summed E-state index contributed by atoms with van der Waals surface area (Å²) in [6.07, 6.45) is 4.38. The van der Waals surface area contributed by atoms with Crippen LogP contribution >= 0.6 is 0 Å². The van der Waals surface area contributed by atoms with Gasteiger partial charge in [-0.15, -0.1) is 0 Å². The van der Waals surface area contributed by atoms with Crippen LogP contribution in [0.3, 0.4) is 0 Å². The lowest BCUT2D eigenvalue weighted by atomic mass is 9.76. The van der Waals surface area contributed by atoms with Crippen molar-refractivity contribution in [2.45, 2.75) is 24.9 Å². The SMILES string of the molecule is CC1(C)c2cc(C#N)ccc2-c2c1c1c(c3ccccc23)OC(c2ccccc2)(c2ccc(C(=O)c3ccccc3)cc2)C=C1. The van der Waals surface area contributed by atoms with Gasteiger partial charge in [-0.05, 0) is 45.8 Å². The Morgan fingerprint density at radius 3 is 2.04 bits per heavy atom. The lowest BCUT2D eigenvalue weighted by molar-refractivity contribution is 0.103. The first-order valence-corrected chi connectivity index (χ1v) is 15.2. The highest BCUT2D eigenvalue weighted by molar-refractivity contribution is 6.09. The molecule has 8 rings (SSSR count). The molecule has 1 unspecified atom stereocenters. The molecule has 0 saturated heterocycles. The van der Waals surface area contributed by atoms with E-state index >= 15 is 0 Å². The minimum absolute atomic E-state index is 0.00993. The van der Waals surface area contributed by atoms with Crippen molar-refractivity contribution in [1.29, 1.82) is 5.26 Å². The van der Waals surface area contributed by atoms with Crippen LogP contribution in [-0.4, -0.2) is 5.78 Å². The molecular formula is C42H29NO2. The number of hydrogen-bond donors (Lipinski definition) is 0. The molecule has 0 bridgehead atoms. The quantitative estimate of drug-likeness (QED) is 0.195. The number of fused-ring (bicyclic) bond motifs is 8. The van der Waals surface area contributed by atoms with E-state index in [2.05, 4.69) is 74.5 Å². The Balaban J connectivity index is 1.34. The first-order chi connectivity index (χ1) is 21.9. The van der Waals surface area contributed by atoms with Crippen LogP contribution in [0.4, 0.5) is 0 Å². The van der Waals surface area contributed by atoms with E-state index in [1.807, 2.05) is 84.9 Å². The van der Waals surface area contributed by atoms with E-state index in [4.69, 9.17) is 4.74 Å². The fourth-order valence-electron chi connectivity index (χ4n) is 7.29. The number of ketones is 1. The maximum atomic E-state index is 13.2. The Bertz CT molecular complexity index is 2220. The van der Waals surface area contributed by atoms with Crippen molar-refractivity contribution in [2.75, 3.05) is 0 Å². The maximum absolute atomic E-state index is 13.2. The predicted molar refractivity (Wildman–Crippen MR) is 179 cm³/mol. The first kappa shape index (κ1) is 26.9. The summed E-state index contributed by atoms with van der Waals surface area (Å²) in [5.41, 5.74) is 8.44. The van der Waals surface area contributed by atoms with Gasteiger partial charge in [0.05, 0.1) is 11.6 Å². The molecular weight excluding hydrogens is 550 g/mol. The summed E-state index contributed by atoms with van der Waals surface area (Å²) in [4.78, 5) is 13.2. The summed E-state index contributed by atoms with van der Waals surface area (Å²) >= 11 is 0. The van der Waals surface area contributed by atoms with Crippen molar-refractivity contribution >= 4 is 22.6 Å². The summed E-state index contributed by atoms with van der Waals surface area (Å²) in [5.74, 6) is 0.825. The molecule has 0 N–H and O–H groups in total. The van der Waals surface area contributed by atoms with Gasteiger partial charge in [0.1, 0.15) is 5.75 Å². The molecule has 0 fully saturated rings. The highest BCUT2D eigenvalue weighted by Crippen LogP contribution is 2.58. The van der Waals surface area contributed by atoms with Gasteiger partial charge < -0.3 is 4.74 Å². The van der Waals surface area contributed by atoms with Gasteiger partial charge in [-0.2, -0.15) is 5.26 Å². The maximum Gasteiger partial charge on any atom is 0.193 e. The number of nitrogens with zero attached hydrogens (tertiary/aromatic N) is 1. The Morgan fingerprint density at radius 1 is 0.711 bits per heavy atom. The molecule has 2 aliphatic rings. The zero-order valence-corrected chi connectivity index (χ0v) is 25.0. The number of ether oxygens (including phenoxy) is 1. The number of benzene rings is 6. The topological polar surface area (TPSA) is 50.1 Å². The molecule has 1 atom stereocenters. The summed E-state index contributed by atoms with van der Waals surface area (Å²) in [6.45, 7) is 4.48. The van der Waals surface area contributed by atoms with Crippen LogP contribution in [0.25, 0.3) is 28.0 Å². The van der Waals surface area contributed by atoms with Crippen LogP contribution in [0.5, 0.6) is 5.75 Å². The Hall–Kier alpha value is -5.72. The molecule has 1 aliphatic heterocycles. The molecule has 6 aromatic carbocycles. The van der Waals surface area contributed by atoms with Gasteiger partial charge in [0.15, 0.2) is 11.4 Å². The van der Waals surface area contributed by atoms with Crippen molar-refractivity contribution in [3.8, 4) is 22.9 Å². The number of carbonyl (C=O) groups excluding carboxylic acids is 1. The minimum Gasteiger partial charge on any atom is -0.472 e. The summed E-state index contributed by atoms with van der Waals surface area (Å²) < 4.78 is 7.33. The van der Waals surface area contributed by atoms with E-state index in [1.165, 1.54) is 16.7 Å². The third-order valence-electron chi connectivity index (χ3n) is 9.48. The van der Waals surface area contributed by atoms with E-state index in [0.29, 0.717) is 16.7 Å². The molecule has 1 aliphatic carbocycles. The van der Waals surface area contributed by atoms with Gasteiger partial charge in [-0.25, -0.2) is 0 Å². The average molecular weight is 580 g/mol. The van der Waals surface area contributed by atoms with Crippen molar-refractivity contribution < 1.29 is 9.53 Å². The van der Waals surface area contributed by atoms with Crippen LogP contribution in [0.1, 0.15) is 63.1 Å². The van der Waals surface area contributed by atoms with Gasteiger partial charge in [-0.3, -0.25) is 4.79 Å². The molecule has 0 spiro atoms. The zero-order valence-electron chi connectivity index (χ0n) is 25.0. The van der Waals surface area contributed by atoms with Crippen molar-refractivity contribution in [3.63, 3.8) is 0 Å². The number of carbonyl (C=O) groups is 1. The molecule has 0 saturated carbocycles. The number of nitriles is 1. The minimum atomic E-state index is -0.914. The van der Waals surface area contributed by atoms with Gasteiger partial charge >= 0.3 is 0 Å². The van der Waals surface area contributed by atoms with Gasteiger partial charge in [0, 0.05) is 38.6 Å². The molecule has 3 nitrogen and oxygen atoms in total. The molecule has 45 heavy (non-hydrogen) atoms. The molecule has 3 heteroatoms. The second-order valence-electron chi connectivity index (χ2n) is 12.3. The lowest BCUT2D eigenvalue weighted by Crippen LogP contribution is -2.35. The van der Waals surface area contributed by atoms with Crippen LogP contribution in [0, 0.1) is 11.3 Å². The zero-order chi connectivity index (χ0) is 30.8. The third-order valence-corrected chi connectivity index (χ3v) is 9.48. The van der Waals surface area contributed by atoms with Crippen LogP contribution < -0.4 is 4.74 Å². The van der Waals surface area contributed by atoms with E-state index in [9.17, 15) is 10.1 Å². The summed E-state index contributed by atoms with van der Waals surface area (Å²) in [7, 11) is 0. The monoisotopic (exact) mass is 579 g/mol. The highest BCUT2D eigenvalue weighted by atomic mass is 16.5. The predicted octanol–water partition coefficient (Wildman–Crippen LogP) is 9.60. The Labute approximate surface area is 262 Å². The Kier molecular flexibility index (Phi) is 5.92. The van der Waals surface area contributed by atoms with Crippen LogP contribution in [0.2, 0.25) is 0 Å². The Morgan fingerprint density at radius 2 is 1.33 bits per heavy atom. The van der Waals surface area contributed by atoms with Crippen molar-refractivity contribution in [2.24, 2.45) is 0 Å². The average Bonchev–Trinajstić information content (AvgIpc) is 3.34. The standard InChI is InChI=1S/C42H29NO2/c1-41(2)36-25-27(26-43)17-22-34(36)37-32-15-9-10-16-33(32)40-35(38(37)41)23-24-42(45-40,30-13-7-4-8-14-30)31-20-18-29(19-21-31)39(44)28-11-5-3-6-12-28/h3-25H,1-2H3. The van der Waals surface area contributed by atoms with E-state index in [0.717, 1.165) is 38.8 Å². The molecule has 0 aromatic heterocycles. The third kappa shape index (κ3) is 3.93. The molecule has 214 valence electrons. The van der Waals surface area contributed by atoms with Gasteiger partial charge in [0.2, 0.25) is 0 Å². The van der Waals surface area contributed by atoms with Crippen molar-refractivity contribution in [3.05, 3.63) is 178 Å². The molecule has 6 aromatic rings. The molecule has 1 heterocycles. The molecule has 0 radical (unpaired) electrons. The van der Waals surface area contributed by atoms with E-state index in [-0.39, 0.29) is 11.2 Å². The van der Waals surface area contributed by atoms with Crippen molar-refractivity contribution in [1.82, 2.24) is 0 Å². The largest absolute Gasteiger partial charge is 0.472 e. The molecule has 0 amide bonds. The fourth-order valence-corrected chi connectivity index (χ4v) is 7.29. The van der Waals surface area contributed by atoms with E-state index < -0.39 is 5.60 Å². The first-order valence-electron chi connectivity index (χ1n) is 15.2. The highest BCUT2D eigenvalue weighted by Gasteiger charge is 2.44. The second-order valence-corrected chi connectivity index (χ2v) is 12.3. The summed E-state index contributed by atoms with van der Waals surface area (Å²) in [6, 6.07) is 44.3. The second kappa shape index (κ2) is 9.91.